The Labute approximate surface area is 146 Å². The van der Waals surface area contributed by atoms with Crippen molar-refractivity contribution in [2.75, 3.05) is 6.54 Å². The SMILES string of the molecule is C=CCNC(=O)[C@@H](C)OC(=O)c1ccc(C(=O)c2ccccc2)cc1. The van der Waals surface area contributed by atoms with Gasteiger partial charge in [-0.15, -0.1) is 6.58 Å². The fourth-order valence-corrected chi connectivity index (χ4v) is 2.11. The summed E-state index contributed by atoms with van der Waals surface area (Å²) in [5.41, 5.74) is 1.32. The molecule has 5 heteroatoms. The Kier molecular flexibility index (Phi) is 6.23. The molecule has 0 heterocycles. The number of carbonyl (C=O) groups is 3. The van der Waals surface area contributed by atoms with Gasteiger partial charge in [0.15, 0.2) is 11.9 Å². The van der Waals surface area contributed by atoms with Crippen LogP contribution in [0.5, 0.6) is 0 Å². The zero-order valence-corrected chi connectivity index (χ0v) is 13.9. The summed E-state index contributed by atoms with van der Waals surface area (Å²) < 4.78 is 5.11. The molecule has 0 fully saturated rings. The smallest absolute Gasteiger partial charge is 0.338 e. The van der Waals surface area contributed by atoms with Crippen molar-refractivity contribution in [3.05, 3.63) is 83.9 Å². The predicted octanol–water partition coefficient (Wildman–Crippen LogP) is 2.77. The van der Waals surface area contributed by atoms with Crippen LogP contribution < -0.4 is 5.32 Å². The molecule has 2 aromatic carbocycles. The van der Waals surface area contributed by atoms with Gasteiger partial charge in [0.05, 0.1) is 5.56 Å². The van der Waals surface area contributed by atoms with Crippen molar-refractivity contribution in [2.45, 2.75) is 13.0 Å². The van der Waals surface area contributed by atoms with Crippen molar-refractivity contribution < 1.29 is 19.1 Å². The first-order valence-electron chi connectivity index (χ1n) is 7.82. The molecule has 128 valence electrons. The first-order chi connectivity index (χ1) is 12.0. The van der Waals surface area contributed by atoms with Crippen molar-refractivity contribution in [1.82, 2.24) is 5.32 Å². The lowest BCUT2D eigenvalue weighted by atomic mass is 10.0. The Morgan fingerprint density at radius 3 is 2.16 bits per heavy atom. The molecule has 5 nitrogen and oxygen atoms in total. The number of ether oxygens (including phenoxy) is 1. The number of hydrogen-bond donors (Lipinski definition) is 1. The van der Waals surface area contributed by atoms with E-state index in [9.17, 15) is 14.4 Å². The van der Waals surface area contributed by atoms with E-state index in [2.05, 4.69) is 11.9 Å². The first kappa shape index (κ1) is 18.1. The second kappa shape index (κ2) is 8.59. The van der Waals surface area contributed by atoms with Gasteiger partial charge in [-0.1, -0.05) is 48.5 Å². The van der Waals surface area contributed by atoms with Gasteiger partial charge in [-0.25, -0.2) is 4.79 Å². The van der Waals surface area contributed by atoms with E-state index in [0.29, 0.717) is 17.7 Å². The third-order valence-electron chi connectivity index (χ3n) is 3.49. The molecular weight excluding hydrogens is 318 g/mol. The normalized spacial score (nSPS) is 11.2. The van der Waals surface area contributed by atoms with E-state index in [4.69, 9.17) is 4.74 Å². The first-order valence-corrected chi connectivity index (χ1v) is 7.82. The molecule has 0 aromatic heterocycles. The summed E-state index contributed by atoms with van der Waals surface area (Å²) in [4.78, 5) is 36.1. The molecule has 1 atom stereocenters. The highest BCUT2D eigenvalue weighted by Gasteiger charge is 2.18. The zero-order valence-electron chi connectivity index (χ0n) is 13.9. The molecular formula is C20H19NO4. The average Bonchev–Trinajstić information content (AvgIpc) is 2.66. The Morgan fingerprint density at radius 1 is 1.00 bits per heavy atom. The van der Waals surface area contributed by atoms with E-state index in [1.807, 2.05) is 6.07 Å². The highest BCUT2D eigenvalue weighted by atomic mass is 16.5. The molecule has 2 aromatic rings. The summed E-state index contributed by atoms with van der Waals surface area (Å²) in [6.07, 6.45) is 0.618. The number of nitrogens with one attached hydrogen (secondary N) is 1. The highest BCUT2D eigenvalue weighted by Crippen LogP contribution is 2.12. The summed E-state index contributed by atoms with van der Waals surface area (Å²) in [7, 11) is 0. The molecule has 0 bridgehead atoms. The number of benzene rings is 2. The number of esters is 1. The van der Waals surface area contributed by atoms with Crippen molar-refractivity contribution in [2.24, 2.45) is 0 Å². The van der Waals surface area contributed by atoms with Crippen molar-refractivity contribution in [3.63, 3.8) is 0 Å². The van der Waals surface area contributed by atoms with Crippen LogP contribution in [-0.4, -0.2) is 30.3 Å². The van der Waals surface area contributed by atoms with Crippen LogP contribution in [0.4, 0.5) is 0 Å². The Morgan fingerprint density at radius 2 is 1.56 bits per heavy atom. The highest BCUT2D eigenvalue weighted by molar-refractivity contribution is 6.09. The molecule has 1 amide bonds. The maximum absolute atomic E-state index is 12.3. The number of amides is 1. The van der Waals surface area contributed by atoms with Gasteiger partial charge in [-0.05, 0) is 19.1 Å². The van der Waals surface area contributed by atoms with Crippen LogP contribution in [0.2, 0.25) is 0 Å². The minimum atomic E-state index is -0.918. The summed E-state index contributed by atoms with van der Waals surface area (Å²) in [6.45, 7) is 5.29. The third-order valence-corrected chi connectivity index (χ3v) is 3.49. The van der Waals surface area contributed by atoms with E-state index in [1.54, 1.807) is 36.4 Å². The maximum Gasteiger partial charge on any atom is 0.338 e. The second-order valence-electron chi connectivity index (χ2n) is 5.35. The molecule has 0 saturated heterocycles. The van der Waals surface area contributed by atoms with E-state index in [0.717, 1.165) is 0 Å². The third kappa shape index (κ3) is 4.88. The molecule has 0 radical (unpaired) electrons. The molecule has 0 aliphatic carbocycles. The van der Waals surface area contributed by atoms with Gasteiger partial charge in [0.2, 0.25) is 0 Å². The molecule has 2 rings (SSSR count). The van der Waals surface area contributed by atoms with Crippen LogP contribution in [0.25, 0.3) is 0 Å². The van der Waals surface area contributed by atoms with E-state index >= 15 is 0 Å². The monoisotopic (exact) mass is 337 g/mol. The fraction of sp³-hybridized carbons (Fsp3) is 0.150. The quantitative estimate of drug-likeness (QED) is 0.479. The van der Waals surface area contributed by atoms with Crippen LogP contribution in [-0.2, 0) is 9.53 Å². The van der Waals surface area contributed by atoms with Crippen LogP contribution in [0.1, 0.15) is 33.2 Å². The molecule has 0 aliphatic heterocycles. The summed E-state index contributed by atoms with van der Waals surface area (Å²) in [5.74, 6) is -1.15. The summed E-state index contributed by atoms with van der Waals surface area (Å²) in [6, 6.07) is 15.0. The van der Waals surface area contributed by atoms with Gasteiger partial charge in [0, 0.05) is 17.7 Å². The minimum Gasteiger partial charge on any atom is -0.449 e. The van der Waals surface area contributed by atoms with E-state index in [-0.39, 0.29) is 11.3 Å². The van der Waals surface area contributed by atoms with E-state index in [1.165, 1.54) is 25.1 Å². The second-order valence-corrected chi connectivity index (χ2v) is 5.35. The summed E-state index contributed by atoms with van der Waals surface area (Å²) in [5, 5.41) is 2.55. The lowest BCUT2D eigenvalue weighted by Gasteiger charge is -2.12. The van der Waals surface area contributed by atoms with Gasteiger partial charge in [-0.3, -0.25) is 9.59 Å². The van der Waals surface area contributed by atoms with Gasteiger partial charge in [-0.2, -0.15) is 0 Å². The molecule has 25 heavy (non-hydrogen) atoms. The number of hydrogen-bond acceptors (Lipinski definition) is 4. The molecule has 0 spiro atoms. The lowest BCUT2D eigenvalue weighted by Crippen LogP contribution is -2.35. The largest absolute Gasteiger partial charge is 0.449 e. The van der Waals surface area contributed by atoms with E-state index < -0.39 is 18.0 Å². The predicted molar refractivity (Wildman–Crippen MR) is 94.4 cm³/mol. The van der Waals surface area contributed by atoms with Crippen LogP contribution in [0.15, 0.2) is 67.3 Å². The van der Waals surface area contributed by atoms with Gasteiger partial charge in [0.25, 0.3) is 5.91 Å². The Bertz CT molecular complexity index is 766. The minimum absolute atomic E-state index is 0.127. The van der Waals surface area contributed by atoms with Crippen molar-refractivity contribution in [1.29, 1.82) is 0 Å². The lowest BCUT2D eigenvalue weighted by molar-refractivity contribution is -0.128. The van der Waals surface area contributed by atoms with Crippen LogP contribution >= 0.6 is 0 Å². The van der Waals surface area contributed by atoms with Gasteiger partial charge in [0.1, 0.15) is 0 Å². The molecule has 0 aliphatic rings. The van der Waals surface area contributed by atoms with Gasteiger partial charge >= 0.3 is 5.97 Å². The zero-order chi connectivity index (χ0) is 18.2. The Hall–Kier alpha value is -3.21. The number of ketones is 1. The standard InChI is InChI=1S/C20H19NO4/c1-3-13-21-19(23)14(2)25-20(24)17-11-9-16(10-12-17)18(22)15-7-5-4-6-8-15/h3-12,14H,1,13H2,2H3,(H,21,23)/t14-/m1/s1. The number of carbonyl (C=O) groups excluding carboxylic acids is 3. The Balaban J connectivity index is 2.02. The molecule has 0 saturated carbocycles. The maximum atomic E-state index is 12.3. The van der Waals surface area contributed by atoms with Gasteiger partial charge < -0.3 is 10.1 Å². The van der Waals surface area contributed by atoms with Crippen LogP contribution in [0, 0.1) is 0 Å². The van der Waals surface area contributed by atoms with Crippen molar-refractivity contribution in [3.8, 4) is 0 Å². The van der Waals surface area contributed by atoms with Crippen LogP contribution in [0.3, 0.4) is 0 Å². The average molecular weight is 337 g/mol. The number of rotatable bonds is 7. The topological polar surface area (TPSA) is 72.5 Å². The fourth-order valence-electron chi connectivity index (χ4n) is 2.11. The summed E-state index contributed by atoms with van der Waals surface area (Å²) >= 11 is 0. The molecule has 1 N–H and O–H groups in total. The molecule has 0 unspecified atom stereocenters. The van der Waals surface area contributed by atoms with Crippen molar-refractivity contribution >= 4 is 17.7 Å².